The highest BCUT2D eigenvalue weighted by molar-refractivity contribution is 5.94. The van der Waals surface area contributed by atoms with Gasteiger partial charge in [0.1, 0.15) is 5.69 Å². The maximum absolute atomic E-state index is 13.4. The third-order valence-electron chi connectivity index (χ3n) is 6.48. The van der Waals surface area contributed by atoms with Crippen LogP contribution in [0.5, 0.6) is 11.5 Å². The van der Waals surface area contributed by atoms with Crippen LogP contribution in [0, 0.1) is 27.7 Å². The number of nitrogens with one attached hydrogen (secondary N) is 1. The SMILES string of the molecule is COc1ccc(CCNC(=O)c2cc(-c3ccc(C)c(C)c3)nn2-c2cc(C)ccc2C)cc1OC. The summed E-state index contributed by atoms with van der Waals surface area (Å²) >= 11 is 0. The molecule has 1 heterocycles. The van der Waals surface area contributed by atoms with Crippen molar-refractivity contribution in [3.05, 3.63) is 94.2 Å². The summed E-state index contributed by atoms with van der Waals surface area (Å²) in [6.07, 6.45) is 0.660. The Bertz CT molecular complexity index is 1400. The number of nitrogens with zero attached hydrogens (tertiary/aromatic N) is 2. The number of aryl methyl sites for hydroxylation is 4. The number of carbonyl (C=O) groups excluding carboxylic acids is 1. The van der Waals surface area contributed by atoms with Crippen molar-refractivity contribution < 1.29 is 14.3 Å². The van der Waals surface area contributed by atoms with E-state index < -0.39 is 0 Å². The summed E-state index contributed by atoms with van der Waals surface area (Å²) in [6.45, 7) is 8.73. The van der Waals surface area contributed by atoms with Gasteiger partial charge in [-0.05, 0) is 92.3 Å². The van der Waals surface area contributed by atoms with Crippen LogP contribution >= 0.6 is 0 Å². The molecule has 4 aromatic rings. The summed E-state index contributed by atoms with van der Waals surface area (Å²) in [5, 5.41) is 7.95. The lowest BCUT2D eigenvalue weighted by Crippen LogP contribution is -2.28. The van der Waals surface area contributed by atoms with Gasteiger partial charge in [0.15, 0.2) is 11.5 Å². The summed E-state index contributed by atoms with van der Waals surface area (Å²) in [6, 6.07) is 20.1. The number of amides is 1. The third-order valence-corrected chi connectivity index (χ3v) is 6.48. The fraction of sp³-hybridized carbons (Fsp3) is 0.267. The van der Waals surface area contributed by atoms with Crippen LogP contribution in [0.15, 0.2) is 60.7 Å². The molecule has 186 valence electrons. The first kappa shape index (κ1) is 25.0. The Hall–Kier alpha value is -4.06. The van der Waals surface area contributed by atoms with Crippen molar-refractivity contribution in [3.63, 3.8) is 0 Å². The van der Waals surface area contributed by atoms with Crippen molar-refractivity contribution in [2.24, 2.45) is 0 Å². The van der Waals surface area contributed by atoms with Gasteiger partial charge in [0.2, 0.25) is 0 Å². The van der Waals surface area contributed by atoms with E-state index in [1.807, 2.05) is 38.1 Å². The van der Waals surface area contributed by atoms with E-state index in [1.54, 1.807) is 18.9 Å². The Morgan fingerprint density at radius 3 is 2.31 bits per heavy atom. The van der Waals surface area contributed by atoms with Gasteiger partial charge in [-0.1, -0.05) is 30.3 Å². The monoisotopic (exact) mass is 483 g/mol. The number of benzene rings is 3. The second-order valence-corrected chi connectivity index (χ2v) is 9.11. The first-order chi connectivity index (χ1) is 17.3. The molecule has 4 rings (SSSR count). The Labute approximate surface area is 212 Å². The van der Waals surface area contributed by atoms with Gasteiger partial charge < -0.3 is 14.8 Å². The largest absolute Gasteiger partial charge is 0.493 e. The molecule has 6 heteroatoms. The van der Waals surface area contributed by atoms with Crippen LogP contribution in [-0.2, 0) is 6.42 Å². The number of hydrogen-bond acceptors (Lipinski definition) is 4. The van der Waals surface area contributed by atoms with E-state index in [-0.39, 0.29) is 5.91 Å². The average molecular weight is 484 g/mol. The predicted octanol–water partition coefficient (Wildman–Crippen LogP) is 5.76. The van der Waals surface area contributed by atoms with Gasteiger partial charge in [-0.15, -0.1) is 0 Å². The average Bonchev–Trinajstić information content (AvgIpc) is 3.32. The fourth-order valence-corrected chi connectivity index (χ4v) is 4.16. The third kappa shape index (κ3) is 5.28. The molecule has 0 unspecified atom stereocenters. The summed E-state index contributed by atoms with van der Waals surface area (Å²) < 4.78 is 12.5. The highest BCUT2D eigenvalue weighted by atomic mass is 16.5. The topological polar surface area (TPSA) is 65.4 Å². The molecule has 0 atom stereocenters. The number of aromatic nitrogens is 2. The lowest BCUT2D eigenvalue weighted by Gasteiger charge is -2.12. The number of ether oxygens (including phenoxy) is 2. The maximum atomic E-state index is 13.4. The van der Waals surface area contributed by atoms with Crippen molar-refractivity contribution >= 4 is 5.91 Å². The first-order valence-corrected chi connectivity index (χ1v) is 12.0. The molecule has 0 spiro atoms. The van der Waals surface area contributed by atoms with Gasteiger partial charge >= 0.3 is 0 Å². The molecule has 36 heavy (non-hydrogen) atoms. The van der Waals surface area contributed by atoms with Crippen molar-refractivity contribution in [2.75, 3.05) is 20.8 Å². The number of hydrogen-bond donors (Lipinski definition) is 1. The highest BCUT2D eigenvalue weighted by Gasteiger charge is 2.19. The van der Waals surface area contributed by atoms with Crippen LogP contribution < -0.4 is 14.8 Å². The predicted molar refractivity (Wildman–Crippen MR) is 144 cm³/mol. The minimum atomic E-state index is -0.168. The summed E-state index contributed by atoms with van der Waals surface area (Å²) in [4.78, 5) is 13.4. The van der Waals surface area contributed by atoms with Gasteiger partial charge in [0.25, 0.3) is 5.91 Å². The molecule has 0 aliphatic heterocycles. The van der Waals surface area contributed by atoms with E-state index in [0.717, 1.165) is 33.6 Å². The first-order valence-electron chi connectivity index (χ1n) is 12.0. The molecule has 3 aromatic carbocycles. The van der Waals surface area contributed by atoms with Gasteiger partial charge in [-0.2, -0.15) is 5.10 Å². The van der Waals surface area contributed by atoms with Gasteiger partial charge in [0, 0.05) is 12.1 Å². The minimum Gasteiger partial charge on any atom is -0.493 e. The molecule has 0 aliphatic rings. The molecule has 0 bridgehead atoms. The van der Waals surface area contributed by atoms with Crippen molar-refractivity contribution in [1.29, 1.82) is 0 Å². The summed E-state index contributed by atoms with van der Waals surface area (Å²) in [5.41, 5.74) is 8.78. The van der Waals surface area contributed by atoms with Crippen LogP contribution in [0.25, 0.3) is 16.9 Å². The fourth-order valence-electron chi connectivity index (χ4n) is 4.16. The Balaban J connectivity index is 1.62. The number of rotatable bonds is 8. The molecule has 0 saturated heterocycles. The Morgan fingerprint density at radius 1 is 0.833 bits per heavy atom. The maximum Gasteiger partial charge on any atom is 0.270 e. The van der Waals surface area contributed by atoms with E-state index in [4.69, 9.17) is 14.6 Å². The van der Waals surface area contributed by atoms with Crippen LogP contribution in [0.4, 0.5) is 0 Å². The second kappa shape index (κ2) is 10.7. The van der Waals surface area contributed by atoms with Crippen molar-refractivity contribution in [1.82, 2.24) is 15.1 Å². The van der Waals surface area contributed by atoms with Crippen LogP contribution in [-0.4, -0.2) is 36.5 Å². The van der Waals surface area contributed by atoms with Gasteiger partial charge in [0.05, 0.1) is 25.6 Å². The van der Waals surface area contributed by atoms with E-state index >= 15 is 0 Å². The quantitative estimate of drug-likeness (QED) is 0.346. The van der Waals surface area contributed by atoms with Gasteiger partial charge in [-0.25, -0.2) is 4.68 Å². The standard InChI is InChI=1S/C30H33N3O3/c1-19-7-8-21(3)26(15-19)33-27(18-25(32-33)24-11-9-20(2)22(4)16-24)30(34)31-14-13-23-10-12-28(35-5)29(17-23)36-6/h7-12,15-18H,13-14H2,1-6H3,(H,31,34). The lowest BCUT2D eigenvalue weighted by atomic mass is 10.0. The Kier molecular flexibility index (Phi) is 7.44. The van der Waals surface area contributed by atoms with Gasteiger partial charge in [-0.3, -0.25) is 4.79 Å². The molecular weight excluding hydrogens is 450 g/mol. The Morgan fingerprint density at radius 2 is 1.58 bits per heavy atom. The second-order valence-electron chi connectivity index (χ2n) is 9.11. The van der Waals surface area contributed by atoms with Crippen LogP contribution in [0.1, 0.15) is 38.3 Å². The molecule has 0 aliphatic carbocycles. The molecule has 1 aromatic heterocycles. The molecule has 0 saturated carbocycles. The minimum absolute atomic E-state index is 0.168. The number of methoxy groups -OCH3 is 2. The normalized spacial score (nSPS) is 10.8. The van der Waals surface area contributed by atoms with E-state index in [1.165, 1.54) is 11.1 Å². The molecule has 6 nitrogen and oxygen atoms in total. The molecule has 0 fully saturated rings. The van der Waals surface area contributed by atoms with E-state index in [9.17, 15) is 4.79 Å². The zero-order chi connectivity index (χ0) is 25.8. The molecule has 0 radical (unpaired) electrons. The van der Waals surface area contributed by atoms with E-state index in [2.05, 4.69) is 55.6 Å². The molecular formula is C30H33N3O3. The highest BCUT2D eigenvalue weighted by Crippen LogP contribution is 2.28. The lowest BCUT2D eigenvalue weighted by molar-refractivity contribution is 0.0946. The summed E-state index contributed by atoms with van der Waals surface area (Å²) in [7, 11) is 3.23. The van der Waals surface area contributed by atoms with Crippen molar-refractivity contribution in [2.45, 2.75) is 34.1 Å². The zero-order valence-corrected chi connectivity index (χ0v) is 21.8. The van der Waals surface area contributed by atoms with Crippen LogP contribution in [0.3, 0.4) is 0 Å². The van der Waals surface area contributed by atoms with Crippen molar-refractivity contribution in [3.8, 4) is 28.4 Å². The smallest absolute Gasteiger partial charge is 0.270 e. The molecule has 1 N–H and O–H groups in total. The number of carbonyl (C=O) groups is 1. The molecule has 1 amide bonds. The summed E-state index contributed by atoms with van der Waals surface area (Å²) in [5.74, 6) is 1.19. The zero-order valence-electron chi connectivity index (χ0n) is 21.8. The van der Waals surface area contributed by atoms with Crippen LogP contribution in [0.2, 0.25) is 0 Å². The van der Waals surface area contributed by atoms with E-state index in [0.29, 0.717) is 30.2 Å².